The SMILES string of the molecule is B[C@@]1(CC(C)(C)C)C[C@@H](P)C(Cc2ccccc2)O1. The fourth-order valence-electron chi connectivity index (χ4n) is 3.41. The predicted octanol–water partition coefficient (Wildman–Crippen LogP) is 3.03. The van der Waals surface area contributed by atoms with Crippen LogP contribution in [0.25, 0.3) is 0 Å². The summed E-state index contributed by atoms with van der Waals surface area (Å²) in [6.45, 7) is 6.89. The average Bonchev–Trinajstić information content (AvgIpc) is 2.52. The summed E-state index contributed by atoms with van der Waals surface area (Å²) in [6.07, 6.45) is 3.62. The van der Waals surface area contributed by atoms with E-state index in [1.54, 1.807) is 0 Å². The molecule has 4 atom stereocenters. The second-order valence-corrected chi connectivity index (χ2v) is 8.26. The van der Waals surface area contributed by atoms with Crippen LogP contribution in [0.2, 0.25) is 0 Å². The third kappa shape index (κ3) is 4.33. The molecule has 1 aromatic carbocycles. The van der Waals surface area contributed by atoms with Crippen molar-refractivity contribution < 1.29 is 4.74 Å². The van der Waals surface area contributed by atoms with Gasteiger partial charge in [0.25, 0.3) is 0 Å². The van der Waals surface area contributed by atoms with E-state index in [0.717, 1.165) is 19.3 Å². The van der Waals surface area contributed by atoms with Crippen molar-refractivity contribution in [2.24, 2.45) is 5.41 Å². The van der Waals surface area contributed by atoms with E-state index in [0.29, 0.717) is 17.2 Å². The summed E-state index contributed by atoms with van der Waals surface area (Å²) < 4.78 is 6.42. The van der Waals surface area contributed by atoms with Crippen molar-refractivity contribution in [1.82, 2.24) is 0 Å². The van der Waals surface area contributed by atoms with Crippen LogP contribution in [0.1, 0.15) is 39.2 Å². The molecule has 0 spiro atoms. The first-order valence-electron chi connectivity index (χ1n) is 7.25. The lowest BCUT2D eigenvalue weighted by Crippen LogP contribution is -2.34. The minimum absolute atomic E-state index is 0.0319. The van der Waals surface area contributed by atoms with Gasteiger partial charge in [-0.1, -0.05) is 51.1 Å². The van der Waals surface area contributed by atoms with E-state index >= 15 is 0 Å². The van der Waals surface area contributed by atoms with Crippen molar-refractivity contribution in [2.75, 3.05) is 0 Å². The highest BCUT2D eigenvalue weighted by molar-refractivity contribution is 7.17. The van der Waals surface area contributed by atoms with E-state index in [4.69, 9.17) is 4.74 Å². The van der Waals surface area contributed by atoms with Crippen molar-refractivity contribution in [1.29, 1.82) is 0 Å². The quantitative estimate of drug-likeness (QED) is 0.609. The van der Waals surface area contributed by atoms with Gasteiger partial charge in [-0.15, -0.1) is 9.24 Å². The van der Waals surface area contributed by atoms with Crippen LogP contribution in [0.15, 0.2) is 30.3 Å². The molecule has 0 N–H and O–H groups in total. The van der Waals surface area contributed by atoms with Crippen LogP contribution in [-0.2, 0) is 11.2 Å². The van der Waals surface area contributed by atoms with E-state index in [1.165, 1.54) is 5.56 Å². The number of ether oxygens (including phenoxy) is 1. The summed E-state index contributed by atoms with van der Waals surface area (Å²) in [5.41, 5.74) is 2.29. The lowest BCUT2D eigenvalue weighted by atomic mass is 9.69. The summed E-state index contributed by atoms with van der Waals surface area (Å²) in [6, 6.07) is 10.7. The van der Waals surface area contributed by atoms with Gasteiger partial charge in [0.15, 0.2) is 0 Å². The third-order valence-electron chi connectivity index (χ3n) is 3.76. The van der Waals surface area contributed by atoms with Gasteiger partial charge in [0.05, 0.1) is 6.10 Å². The maximum absolute atomic E-state index is 6.42. The molecule has 1 aliphatic rings. The number of benzene rings is 1. The lowest BCUT2D eigenvalue weighted by Gasteiger charge is -2.32. The van der Waals surface area contributed by atoms with Gasteiger partial charge in [0.2, 0.25) is 0 Å². The Hall–Kier alpha value is -0.325. The van der Waals surface area contributed by atoms with Gasteiger partial charge in [0.1, 0.15) is 7.85 Å². The Balaban J connectivity index is 2.01. The van der Waals surface area contributed by atoms with Gasteiger partial charge >= 0.3 is 0 Å². The molecule has 1 fully saturated rings. The Kier molecular flexibility index (Phi) is 4.43. The van der Waals surface area contributed by atoms with Crippen LogP contribution in [0, 0.1) is 5.41 Å². The molecule has 3 heteroatoms. The Bertz CT molecular complexity index is 415. The molecular formula is C16H26BOP. The van der Waals surface area contributed by atoms with Gasteiger partial charge < -0.3 is 4.74 Å². The first-order valence-corrected chi connectivity index (χ1v) is 7.91. The number of rotatable bonds is 3. The normalized spacial score (nSPS) is 31.6. The minimum atomic E-state index is 0.0319. The molecule has 0 radical (unpaired) electrons. The molecule has 0 aliphatic carbocycles. The Morgan fingerprint density at radius 3 is 2.53 bits per heavy atom. The van der Waals surface area contributed by atoms with Crippen LogP contribution in [0.4, 0.5) is 0 Å². The maximum Gasteiger partial charge on any atom is 0.143 e. The van der Waals surface area contributed by atoms with Crippen LogP contribution in [0.3, 0.4) is 0 Å². The molecule has 2 rings (SSSR count). The minimum Gasteiger partial charge on any atom is -0.380 e. The molecule has 1 aromatic rings. The van der Waals surface area contributed by atoms with Gasteiger partial charge in [0, 0.05) is 11.2 Å². The standard InChI is InChI=1S/C16H26BOP/c1-15(2,3)11-16(17)10-14(19)13(18-16)9-12-7-5-4-6-8-12/h4-8,13-14H,9-11,17,19H2,1-3H3/t13?,14-,16+/m1/s1. The zero-order valence-electron chi connectivity index (χ0n) is 12.6. The highest BCUT2D eigenvalue weighted by Crippen LogP contribution is 2.41. The fourth-order valence-corrected chi connectivity index (χ4v) is 4.12. The molecule has 0 bridgehead atoms. The zero-order valence-corrected chi connectivity index (χ0v) is 13.8. The van der Waals surface area contributed by atoms with Crippen molar-refractivity contribution >= 4 is 17.1 Å². The van der Waals surface area contributed by atoms with Crippen LogP contribution in [0.5, 0.6) is 0 Å². The fraction of sp³-hybridized carbons (Fsp3) is 0.625. The molecule has 1 saturated heterocycles. The topological polar surface area (TPSA) is 9.23 Å². The van der Waals surface area contributed by atoms with Gasteiger partial charge in [-0.05, 0) is 30.2 Å². The largest absolute Gasteiger partial charge is 0.380 e. The molecule has 1 aliphatic heterocycles. The summed E-state index contributed by atoms with van der Waals surface area (Å²) in [5.74, 6) is 0. The summed E-state index contributed by atoms with van der Waals surface area (Å²) in [5, 5.41) is 0. The average molecular weight is 276 g/mol. The Labute approximate surface area is 121 Å². The highest BCUT2D eigenvalue weighted by Gasteiger charge is 2.42. The molecule has 19 heavy (non-hydrogen) atoms. The second kappa shape index (κ2) is 5.58. The van der Waals surface area contributed by atoms with Crippen molar-refractivity contribution in [3.8, 4) is 0 Å². The molecule has 0 aromatic heterocycles. The molecule has 0 saturated carbocycles. The van der Waals surface area contributed by atoms with Crippen LogP contribution >= 0.6 is 9.24 Å². The third-order valence-corrected chi connectivity index (χ3v) is 4.43. The zero-order chi connectivity index (χ0) is 14.1. The summed E-state index contributed by atoms with van der Waals surface area (Å²) >= 11 is 0. The first-order chi connectivity index (χ1) is 8.77. The summed E-state index contributed by atoms with van der Waals surface area (Å²) in [4.78, 5) is 0. The predicted molar refractivity (Wildman–Crippen MR) is 88.5 cm³/mol. The summed E-state index contributed by atoms with van der Waals surface area (Å²) in [7, 11) is 5.27. The van der Waals surface area contributed by atoms with E-state index in [1.807, 2.05) is 0 Å². The lowest BCUT2D eigenvalue weighted by molar-refractivity contribution is -0.00626. The number of hydrogen-bond donors (Lipinski definition) is 0. The van der Waals surface area contributed by atoms with Gasteiger partial charge in [-0.2, -0.15) is 0 Å². The van der Waals surface area contributed by atoms with E-state index < -0.39 is 0 Å². The second-order valence-electron chi connectivity index (χ2n) is 7.40. The van der Waals surface area contributed by atoms with E-state index in [2.05, 4.69) is 68.2 Å². The Morgan fingerprint density at radius 2 is 1.95 bits per heavy atom. The van der Waals surface area contributed by atoms with Crippen molar-refractivity contribution in [3.05, 3.63) is 35.9 Å². The van der Waals surface area contributed by atoms with Crippen LogP contribution in [-0.4, -0.2) is 25.1 Å². The van der Waals surface area contributed by atoms with Crippen LogP contribution < -0.4 is 0 Å². The molecule has 1 nitrogen and oxygen atoms in total. The molecule has 104 valence electrons. The number of hydrogen-bond acceptors (Lipinski definition) is 1. The Morgan fingerprint density at radius 1 is 1.32 bits per heavy atom. The molecule has 0 amide bonds. The van der Waals surface area contributed by atoms with Crippen molar-refractivity contribution in [3.63, 3.8) is 0 Å². The van der Waals surface area contributed by atoms with Gasteiger partial charge in [-0.25, -0.2) is 0 Å². The highest BCUT2D eigenvalue weighted by atomic mass is 31.0. The first kappa shape index (κ1) is 15.1. The van der Waals surface area contributed by atoms with Gasteiger partial charge in [-0.3, -0.25) is 0 Å². The monoisotopic (exact) mass is 276 g/mol. The van der Waals surface area contributed by atoms with Crippen molar-refractivity contribution in [2.45, 2.75) is 57.3 Å². The van der Waals surface area contributed by atoms with E-state index in [-0.39, 0.29) is 5.50 Å². The maximum atomic E-state index is 6.42. The molecular weight excluding hydrogens is 250 g/mol. The molecule has 1 heterocycles. The van der Waals surface area contributed by atoms with E-state index in [9.17, 15) is 0 Å². The smallest absolute Gasteiger partial charge is 0.143 e. The molecule has 2 unspecified atom stereocenters.